The van der Waals surface area contributed by atoms with Crippen LogP contribution in [-0.2, 0) is 0 Å². The SMILES string of the molecule is Nc1cccc(-c2ccc(Cl)c(C(=O)Nc3cc(C(=O)NC4CCCC4O)nn3-c3ccccc3)c2)n1. The van der Waals surface area contributed by atoms with E-state index < -0.39 is 17.9 Å². The van der Waals surface area contributed by atoms with Crippen LogP contribution >= 0.6 is 11.6 Å². The first-order valence-corrected chi connectivity index (χ1v) is 12.2. The van der Waals surface area contributed by atoms with Crippen LogP contribution in [0.25, 0.3) is 16.9 Å². The van der Waals surface area contributed by atoms with Gasteiger partial charge in [0, 0.05) is 11.6 Å². The Morgan fingerprint density at radius 3 is 2.54 bits per heavy atom. The number of carbonyl (C=O) groups is 2. The Balaban J connectivity index is 1.45. The summed E-state index contributed by atoms with van der Waals surface area (Å²) in [5, 5.41) is 20.5. The van der Waals surface area contributed by atoms with E-state index in [1.54, 1.807) is 36.4 Å². The van der Waals surface area contributed by atoms with Gasteiger partial charge >= 0.3 is 0 Å². The molecule has 1 saturated carbocycles. The Kier molecular flexibility index (Phi) is 6.89. The quantitative estimate of drug-likeness (QED) is 0.305. The van der Waals surface area contributed by atoms with Gasteiger partial charge in [0.1, 0.15) is 11.6 Å². The van der Waals surface area contributed by atoms with Crippen molar-refractivity contribution in [1.82, 2.24) is 20.1 Å². The topological polar surface area (TPSA) is 135 Å². The van der Waals surface area contributed by atoms with E-state index in [9.17, 15) is 14.7 Å². The molecule has 10 heteroatoms. The van der Waals surface area contributed by atoms with Crippen LogP contribution in [0.4, 0.5) is 11.6 Å². The lowest BCUT2D eigenvalue weighted by atomic mass is 10.1. The monoisotopic (exact) mass is 516 g/mol. The van der Waals surface area contributed by atoms with E-state index in [1.165, 1.54) is 10.7 Å². The van der Waals surface area contributed by atoms with Crippen molar-refractivity contribution in [3.63, 3.8) is 0 Å². The first kappa shape index (κ1) is 24.5. The molecule has 4 aromatic rings. The van der Waals surface area contributed by atoms with E-state index >= 15 is 0 Å². The van der Waals surface area contributed by atoms with Gasteiger partial charge in [0.15, 0.2) is 5.69 Å². The molecule has 37 heavy (non-hydrogen) atoms. The number of carbonyl (C=O) groups excluding carboxylic acids is 2. The Bertz CT molecular complexity index is 1460. The molecule has 9 nitrogen and oxygen atoms in total. The smallest absolute Gasteiger partial charge is 0.272 e. The molecule has 2 unspecified atom stereocenters. The number of pyridine rings is 1. The number of aliphatic hydroxyl groups is 1. The van der Waals surface area contributed by atoms with Gasteiger partial charge in [0.25, 0.3) is 11.8 Å². The van der Waals surface area contributed by atoms with Gasteiger partial charge in [-0.2, -0.15) is 5.10 Å². The number of hydrogen-bond acceptors (Lipinski definition) is 6. The molecule has 1 aliphatic carbocycles. The van der Waals surface area contributed by atoms with E-state index in [-0.39, 0.29) is 28.1 Å². The van der Waals surface area contributed by atoms with Crippen LogP contribution in [0.2, 0.25) is 5.02 Å². The van der Waals surface area contributed by atoms with E-state index in [0.717, 1.165) is 6.42 Å². The molecule has 2 aromatic heterocycles. The summed E-state index contributed by atoms with van der Waals surface area (Å²) in [6, 6.07) is 20.6. The number of nitrogen functional groups attached to an aromatic ring is 1. The number of benzene rings is 2. The van der Waals surface area contributed by atoms with Crippen LogP contribution in [0.1, 0.15) is 40.1 Å². The minimum absolute atomic E-state index is 0.113. The average Bonchev–Trinajstić information content (AvgIpc) is 3.50. The number of hydrogen-bond donors (Lipinski definition) is 4. The molecule has 1 fully saturated rings. The second-order valence-corrected chi connectivity index (χ2v) is 9.24. The van der Waals surface area contributed by atoms with Gasteiger partial charge in [0.05, 0.1) is 34.1 Å². The summed E-state index contributed by atoms with van der Waals surface area (Å²) in [5.74, 6) is -0.257. The number of nitrogens with two attached hydrogens (primary N) is 1. The fraction of sp³-hybridized carbons (Fsp3) is 0.185. The fourth-order valence-corrected chi connectivity index (χ4v) is 4.56. The van der Waals surface area contributed by atoms with Gasteiger partial charge in [0.2, 0.25) is 0 Å². The number of anilines is 2. The number of para-hydroxylation sites is 1. The maximum Gasteiger partial charge on any atom is 0.272 e. The highest BCUT2D eigenvalue weighted by atomic mass is 35.5. The number of nitrogens with one attached hydrogen (secondary N) is 2. The molecule has 2 amide bonds. The Hall–Kier alpha value is -4.21. The van der Waals surface area contributed by atoms with E-state index in [4.69, 9.17) is 17.3 Å². The summed E-state index contributed by atoms with van der Waals surface area (Å²) in [7, 11) is 0. The van der Waals surface area contributed by atoms with Crippen molar-refractivity contribution < 1.29 is 14.7 Å². The van der Waals surface area contributed by atoms with Crippen molar-refractivity contribution >= 4 is 35.1 Å². The van der Waals surface area contributed by atoms with Crippen molar-refractivity contribution in [2.24, 2.45) is 0 Å². The van der Waals surface area contributed by atoms with Gasteiger partial charge in [-0.15, -0.1) is 0 Å². The number of aliphatic hydroxyl groups excluding tert-OH is 1. The van der Waals surface area contributed by atoms with Gasteiger partial charge in [-0.25, -0.2) is 9.67 Å². The summed E-state index contributed by atoms with van der Waals surface area (Å²) in [6.07, 6.45) is 1.61. The summed E-state index contributed by atoms with van der Waals surface area (Å²) < 4.78 is 1.48. The zero-order valence-electron chi connectivity index (χ0n) is 19.8. The van der Waals surface area contributed by atoms with Gasteiger partial charge in [-0.05, 0) is 55.7 Å². The molecular weight excluding hydrogens is 492 g/mol. The van der Waals surface area contributed by atoms with Crippen LogP contribution < -0.4 is 16.4 Å². The molecule has 5 N–H and O–H groups in total. The van der Waals surface area contributed by atoms with Crippen LogP contribution in [0.15, 0.2) is 72.8 Å². The summed E-state index contributed by atoms with van der Waals surface area (Å²) >= 11 is 6.38. The normalized spacial score (nSPS) is 16.9. The lowest BCUT2D eigenvalue weighted by Gasteiger charge is -2.15. The third-order valence-corrected chi connectivity index (χ3v) is 6.59. The molecule has 2 aromatic carbocycles. The number of aromatic nitrogens is 3. The molecule has 2 atom stereocenters. The maximum atomic E-state index is 13.4. The molecular formula is C27H25ClN6O3. The van der Waals surface area contributed by atoms with Crippen molar-refractivity contribution in [1.29, 1.82) is 0 Å². The Labute approximate surface area is 218 Å². The van der Waals surface area contributed by atoms with E-state index in [1.807, 2.05) is 30.3 Å². The third kappa shape index (κ3) is 5.32. The standard InChI is InChI=1S/C27H25ClN6O3/c28-19-13-12-16(20-8-5-11-24(29)30-20)14-18(19)26(36)32-25-15-22(27(37)31-21-9-4-10-23(21)35)33-34(25)17-6-2-1-3-7-17/h1-3,5-8,11-15,21,23,35H,4,9-10H2,(H2,29,30)(H,31,37)(H,32,36). The molecule has 188 valence electrons. The average molecular weight is 517 g/mol. The molecule has 5 rings (SSSR count). The predicted molar refractivity (Wildman–Crippen MR) is 142 cm³/mol. The van der Waals surface area contributed by atoms with Crippen molar-refractivity contribution in [2.45, 2.75) is 31.4 Å². The van der Waals surface area contributed by atoms with Gasteiger partial charge in [-0.1, -0.05) is 41.9 Å². The third-order valence-electron chi connectivity index (χ3n) is 6.26. The van der Waals surface area contributed by atoms with Crippen LogP contribution in [-0.4, -0.2) is 43.8 Å². The van der Waals surface area contributed by atoms with Crippen LogP contribution in [0.5, 0.6) is 0 Å². The molecule has 0 radical (unpaired) electrons. The molecule has 1 aliphatic rings. The highest BCUT2D eigenvalue weighted by Gasteiger charge is 2.28. The highest BCUT2D eigenvalue weighted by molar-refractivity contribution is 6.34. The molecule has 2 heterocycles. The largest absolute Gasteiger partial charge is 0.391 e. The van der Waals surface area contributed by atoms with E-state index in [0.29, 0.717) is 35.6 Å². The molecule has 0 bridgehead atoms. The zero-order valence-corrected chi connectivity index (χ0v) is 20.5. The van der Waals surface area contributed by atoms with Crippen molar-refractivity contribution in [3.05, 3.63) is 89.1 Å². The number of amides is 2. The number of halogens is 1. The minimum atomic E-state index is -0.580. The molecule has 0 saturated heterocycles. The summed E-state index contributed by atoms with van der Waals surface area (Å²) in [4.78, 5) is 30.6. The summed E-state index contributed by atoms with van der Waals surface area (Å²) in [6.45, 7) is 0. The first-order valence-electron chi connectivity index (χ1n) is 11.9. The summed E-state index contributed by atoms with van der Waals surface area (Å²) in [5.41, 5.74) is 8.08. The van der Waals surface area contributed by atoms with Crippen LogP contribution in [0.3, 0.4) is 0 Å². The predicted octanol–water partition coefficient (Wildman–Crippen LogP) is 4.07. The zero-order chi connectivity index (χ0) is 25.9. The Morgan fingerprint density at radius 2 is 1.81 bits per heavy atom. The number of nitrogens with zero attached hydrogens (tertiary/aromatic N) is 3. The minimum Gasteiger partial charge on any atom is -0.391 e. The van der Waals surface area contributed by atoms with Crippen molar-refractivity contribution in [2.75, 3.05) is 11.1 Å². The Morgan fingerprint density at radius 1 is 1.00 bits per heavy atom. The van der Waals surface area contributed by atoms with Crippen molar-refractivity contribution in [3.8, 4) is 16.9 Å². The van der Waals surface area contributed by atoms with E-state index in [2.05, 4.69) is 20.7 Å². The molecule has 0 spiro atoms. The van der Waals surface area contributed by atoms with Gasteiger partial charge in [-0.3, -0.25) is 9.59 Å². The van der Waals surface area contributed by atoms with Gasteiger partial charge < -0.3 is 21.5 Å². The lowest BCUT2D eigenvalue weighted by molar-refractivity contribution is 0.0867. The lowest BCUT2D eigenvalue weighted by Crippen LogP contribution is -2.40. The fourth-order valence-electron chi connectivity index (χ4n) is 4.35. The first-order chi connectivity index (χ1) is 17.9. The highest BCUT2D eigenvalue weighted by Crippen LogP contribution is 2.27. The second kappa shape index (κ2) is 10.4. The van der Waals surface area contributed by atoms with Crippen LogP contribution in [0, 0.1) is 0 Å². The number of rotatable bonds is 6. The maximum absolute atomic E-state index is 13.4. The molecule has 0 aliphatic heterocycles. The second-order valence-electron chi connectivity index (χ2n) is 8.84.